The first-order valence-corrected chi connectivity index (χ1v) is 9.46. The molecule has 3 atom stereocenters. The van der Waals surface area contributed by atoms with Gasteiger partial charge in [0.1, 0.15) is 5.56 Å². The molecule has 4 rings (SSSR count). The number of hydrogen-bond acceptors (Lipinski definition) is 4. The Balaban J connectivity index is 1.40. The smallest absolute Gasteiger partial charge is 0.263 e. The topological polar surface area (TPSA) is 63.6 Å². The molecule has 2 aliphatic rings. The van der Waals surface area contributed by atoms with Gasteiger partial charge in [-0.25, -0.2) is 0 Å². The van der Waals surface area contributed by atoms with E-state index in [1.54, 1.807) is 25.4 Å². The number of halogens is 1. The maximum absolute atomic E-state index is 12.5. The van der Waals surface area contributed by atoms with E-state index >= 15 is 0 Å². The molecule has 0 saturated carbocycles. The van der Waals surface area contributed by atoms with Gasteiger partial charge in [0.2, 0.25) is 0 Å². The average Bonchev–Trinajstić information content (AvgIpc) is 3.05. The fourth-order valence-corrected chi connectivity index (χ4v) is 4.02. The number of aryl methyl sites for hydroxylation is 1. The third-order valence-corrected chi connectivity index (χ3v) is 5.61. The number of nitrogens with zero attached hydrogens (tertiary/aromatic N) is 2. The maximum atomic E-state index is 12.5. The molecule has 2 aliphatic heterocycles. The first kappa shape index (κ1) is 18.2. The molecule has 0 spiro atoms. The molecule has 1 aromatic carbocycles. The number of rotatable bonds is 3. The Morgan fingerprint density at radius 1 is 1.22 bits per heavy atom. The number of nitrogens with one attached hydrogen (secondary N) is 1. The van der Waals surface area contributed by atoms with Crippen LogP contribution in [0.3, 0.4) is 0 Å². The predicted octanol–water partition coefficient (Wildman–Crippen LogP) is 1.98. The van der Waals surface area contributed by atoms with Crippen molar-refractivity contribution in [1.29, 1.82) is 0 Å². The molecule has 27 heavy (non-hydrogen) atoms. The SMILES string of the molecule is Cn1cccc(C(=O)N[C@H]2C[C@H]3CO[C@@H](c4ccc(Cl)cc4)CN3C2)c1=O. The van der Waals surface area contributed by atoms with Crippen LogP contribution in [-0.4, -0.2) is 47.2 Å². The number of morpholine rings is 1. The molecule has 1 aromatic heterocycles. The highest BCUT2D eigenvalue weighted by atomic mass is 35.5. The van der Waals surface area contributed by atoms with Crippen LogP contribution in [0.25, 0.3) is 0 Å². The zero-order chi connectivity index (χ0) is 19.0. The van der Waals surface area contributed by atoms with Gasteiger partial charge in [-0.05, 0) is 36.2 Å². The number of benzene rings is 1. The van der Waals surface area contributed by atoms with Crippen molar-refractivity contribution < 1.29 is 9.53 Å². The van der Waals surface area contributed by atoms with E-state index in [0.717, 1.165) is 25.1 Å². The lowest BCUT2D eigenvalue weighted by atomic mass is 10.1. The van der Waals surface area contributed by atoms with Crippen LogP contribution >= 0.6 is 11.6 Å². The van der Waals surface area contributed by atoms with Crippen molar-refractivity contribution in [1.82, 2.24) is 14.8 Å². The molecule has 0 aliphatic carbocycles. The molecule has 2 aromatic rings. The van der Waals surface area contributed by atoms with Gasteiger partial charge in [0.05, 0.1) is 12.7 Å². The number of pyridine rings is 1. The lowest BCUT2D eigenvalue weighted by Crippen LogP contribution is -2.43. The summed E-state index contributed by atoms with van der Waals surface area (Å²) in [5, 5.41) is 3.73. The molecule has 0 bridgehead atoms. The molecule has 1 N–H and O–H groups in total. The van der Waals surface area contributed by atoms with Gasteiger partial charge in [-0.1, -0.05) is 23.7 Å². The first-order valence-electron chi connectivity index (χ1n) is 9.09. The Morgan fingerprint density at radius 2 is 2.00 bits per heavy atom. The Morgan fingerprint density at radius 3 is 2.78 bits per heavy atom. The molecule has 2 fully saturated rings. The Hall–Kier alpha value is -2.15. The molecule has 0 unspecified atom stereocenters. The summed E-state index contributed by atoms with van der Waals surface area (Å²) in [4.78, 5) is 27.0. The lowest BCUT2D eigenvalue weighted by Gasteiger charge is -2.35. The number of carbonyl (C=O) groups is 1. The number of aromatic nitrogens is 1. The van der Waals surface area contributed by atoms with Crippen molar-refractivity contribution in [3.63, 3.8) is 0 Å². The van der Waals surface area contributed by atoms with Gasteiger partial charge in [0, 0.05) is 43.4 Å². The third-order valence-electron chi connectivity index (χ3n) is 5.36. The van der Waals surface area contributed by atoms with Crippen molar-refractivity contribution in [2.45, 2.75) is 24.6 Å². The number of ether oxygens (including phenoxy) is 1. The molecule has 0 radical (unpaired) electrons. The number of hydrogen-bond donors (Lipinski definition) is 1. The minimum atomic E-state index is -0.309. The fourth-order valence-electron chi connectivity index (χ4n) is 3.89. The number of amides is 1. The quantitative estimate of drug-likeness (QED) is 0.874. The molecule has 7 heteroatoms. The summed E-state index contributed by atoms with van der Waals surface area (Å²) in [7, 11) is 1.64. The normalized spacial score (nSPS) is 25.2. The van der Waals surface area contributed by atoms with Crippen LogP contribution in [0.1, 0.15) is 28.4 Å². The van der Waals surface area contributed by atoms with E-state index in [-0.39, 0.29) is 35.2 Å². The van der Waals surface area contributed by atoms with Crippen molar-refractivity contribution in [3.05, 3.63) is 69.1 Å². The van der Waals surface area contributed by atoms with Gasteiger partial charge in [0.25, 0.3) is 11.5 Å². The van der Waals surface area contributed by atoms with Gasteiger partial charge in [-0.15, -0.1) is 0 Å². The van der Waals surface area contributed by atoms with Crippen LogP contribution in [0.2, 0.25) is 5.02 Å². The van der Waals surface area contributed by atoms with Crippen LogP contribution in [0.5, 0.6) is 0 Å². The largest absolute Gasteiger partial charge is 0.371 e. The summed E-state index contributed by atoms with van der Waals surface area (Å²) >= 11 is 5.96. The van der Waals surface area contributed by atoms with E-state index < -0.39 is 0 Å². The summed E-state index contributed by atoms with van der Waals surface area (Å²) in [6.45, 7) is 2.18. The molecule has 2 saturated heterocycles. The monoisotopic (exact) mass is 387 g/mol. The molecule has 6 nitrogen and oxygen atoms in total. The third kappa shape index (κ3) is 3.78. The van der Waals surface area contributed by atoms with Gasteiger partial charge in [-0.2, -0.15) is 0 Å². The lowest BCUT2D eigenvalue weighted by molar-refractivity contribution is -0.0502. The van der Waals surface area contributed by atoms with E-state index in [1.165, 1.54) is 4.57 Å². The Kier molecular flexibility index (Phi) is 5.04. The molecule has 142 valence electrons. The highest BCUT2D eigenvalue weighted by molar-refractivity contribution is 6.30. The Labute approximate surface area is 162 Å². The van der Waals surface area contributed by atoms with Crippen molar-refractivity contribution in [3.8, 4) is 0 Å². The summed E-state index contributed by atoms with van der Waals surface area (Å²) in [6.07, 6.45) is 2.48. The van der Waals surface area contributed by atoms with Gasteiger partial charge in [0.15, 0.2) is 0 Å². The summed E-state index contributed by atoms with van der Waals surface area (Å²) in [5.41, 5.74) is 1.01. The molecular weight excluding hydrogens is 366 g/mol. The van der Waals surface area contributed by atoms with E-state index in [1.807, 2.05) is 24.3 Å². The fraction of sp³-hybridized carbons (Fsp3) is 0.400. The second-order valence-corrected chi connectivity index (χ2v) is 7.66. The Bertz CT molecular complexity index is 896. The highest BCUT2D eigenvalue weighted by Gasteiger charge is 2.38. The predicted molar refractivity (Wildman–Crippen MR) is 103 cm³/mol. The van der Waals surface area contributed by atoms with Crippen molar-refractivity contribution in [2.24, 2.45) is 7.05 Å². The van der Waals surface area contributed by atoms with Gasteiger partial charge < -0.3 is 14.6 Å². The van der Waals surface area contributed by atoms with E-state index in [0.29, 0.717) is 11.6 Å². The van der Waals surface area contributed by atoms with Crippen LogP contribution < -0.4 is 10.9 Å². The van der Waals surface area contributed by atoms with Crippen LogP contribution in [-0.2, 0) is 11.8 Å². The van der Waals surface area contributed by atoms with Crippen LogP contribution in [0.15, 0.2) is 47.4 Å². The molecule has 1 amide bonds. The minimum Gasteiger partial charge on any atom is -0.371 e. The summed E-state index contributed by atoms with van der Waals surface area (Å²) in [6, 6.07) is 11.3. The van der Waals surface area contributed by atoms with E-state index in [9.17, 15) is 9.59 Å². The van der Waals surface area contributed by atoms with Crippen molar-refractivity contribution >= 4 is 17.5 Å². The van der Waals surface area contributed by atoms with E-state index in [4.69, 9.17) is 16.3 Å². The zero-order valence-corrected chi connectivity index (χ0v) is 15.9. The summed E-state index contributed by atoms with van der Waals surface area (Å²) < 4.78 is 7.45. The zero-order valence-electron chi connectivity index (χ0n) is 15.1. The second-order valence-electron chi connectivity index (χ2n) is 7.23. The second kappa shape index (κ2) is 7.46. The van der Waals surface area contributed by atoms with Crippen LogP contribution in [0, 0.1) is 0 Å². The number of fused-ring (bicyclic) bond motifs is 1. The van der Waals surface area contributed by atoms with Gasteiger partial charge in [-0.3, -0.25) is 14.5 Å². The highest BCUT2D eigenvalue weighted by Crippen LogP contribution is 2.30. The summed E-state index contributed by atoms with van der Waals surface area (Å²) in [5.74, 6) is -0.309. The first-order chi connectivity index (χ1) is 13.0. The molecular formula is C20H22ClN3O3. The van der Waals surface area contributed by atoms with Crippen LogP contribution in [0.4, 0.5) is 0 Å². The number of carbonyl (C=O) groups excluding carboxylic acids is 1. The molecule has 3 heterocycles. The minimum absolute atomic E-state index is 0.00869. The maximum Gasteiger partial charge on any atom is 0.263 e. The van der Waals surface area contributed by atoms with E-state index in [2.05, 4.69) is 10.2 Å². The van der Waals surface area contributed by atoms with Gasteiger partial charge >= 0.3 is 0 Å². The van der Waals surface area contributed by atoms with Crippen molar-refractivity contribution in [2.75, 3.05) is 19.7 Å². The average molecular weight is 388 g/mol. The standard InChI is InChI=1S/C20H22ClN3O3/c1-23-8-2-3-17(20(23)26)19(25)22-15-9-16-12-27-18(11-24(16)10-15)13-4-6-14(21)7-5-13/h2-8,15-16,18H,9-12H2,1H3,(H,22,25)/t15-,16-,18+/m0/s1.